The number of hydrogen-bond donors (Lipinski definition) is 0. The molecule has 0 unspecified atom stereocenters. The maximum absolute atomic E-state index is 14.4. The molecular formula is C24H23ClF2N4O. The number of morpholine rings is 1. The van der Waals surface area contributed by atoms with Crippen molar-refractivity contribution in [1.29, 1.82) is 0 Å². The molecule has 5 rings (SSSR count). The third-order valence-corrected chi connectivity index (χ3v) is 6.38. The Labute approximate surface area is 190 Å². The molecule has 0 atom stereocenters. The molecule has 0 radical (unpaired) electrons. The summed E-state index contributed by atoms with van der Waals surface area (Å²) >= 11 is 6.07. The van der Waals surface area contributed by atoms with Crippen LogP contribution in [0.15, 0.2) is 42.6 Å². The van der Waals surface area contributed by atoms with E-state index in [2.05, 4.69) is 22.0 Å². The van der Waals surface area contributed by atoms with E-state index in [0.717, 1.165) is 73.9 Å². The van der Waals surface area contributed by atoms with Crippen molar-refractivity contribution in [2.75, 3.05) is 42.6 Å². The maximum Gasteiger partial charge on any atom is 0.151 e. The Morgan fingerprint density at radius 1 is 1.03 bits per heavy atom. The highest BCUT2D eigenvalue weighted by Crippen LogP contribution is 2.32. The van der Waals surface area contributed by atoms with E-state index in [1.165, 1.54) is 0 Å². The van der Waals surface area contributed by atoms with E-state index in [1.54, 1.807) is 6.20 Å². The molecule has 2 aromatic carbocycles. The van der Waals surface area contributed by atoms with Gasteiger partial charge in [-0.15, -0.1) is 0 Å². The number of nitrogens with zero attached hydrogens (tertiary/aromatic N) is 4. The van der Waals surface area contributed by atoms with E-state index in [1.807, 2.05) is 17.0 Å². The molecule has 5 nitrogen and oxygen atoms in total. The first kappa shape index (κ1) is 21.1. The van der Waals surface area contributed by atoms with Crippen LogP contribution >= 0.6 is 11.6 Å². The molecule has 0 aliphatic carbocycles. The summed E-state index contributed by atoms with van der Waals surface area (Å²) in [5, 5.41) is -0.181. The summed E-state index contributed by atoms with van der Waals surface area (Å²) in [7, 11) is 0. The van der Waals surface area contributed by atoms with Crippen LogP contribution in [-0.4, -0.2) is 42.8 Å². The van der Waals surface area contributed by atoms with Gasteiger partial charge in [-0.25, -0.2) is 13.8 Å². The van der Waals surface area contributed by atoms with Crippen LogP contribution in [0.4, 0.5) is 20.3 Å². The summed E-state index contributed by atoms with van der Waals surface area (Å²) in [6.45, 7) is 3.96. The second kappa shape index (κ2) is 9.00. The molecule has 1 fully saturated rings. The zero-order valence-electron chi connectivity index (χ0n) is 17.5. The Hall–Kier alpha value is -2.77. The van der Waals surface area contributed by atoms with Crippen molar-refractivity contribution in [2.24, 2.45) is 0 Å². The van der Waals surface area contributed by atoms with Gasteiger partial charge >= 0.3 is 0 Å². The molecule has 2 aliphatic heterocycles. The van der Waals surface area contributed by atoms with Crippen molar-refractivity contribution in [1.82, 2.24) is 9.97 Å². The topological polar surface area (TPSA) is 41.5 Å². The molecule has 166 valence electrons. The van der Waals surface area contributed by atoms with Gasteiger partial charge in [-0.2, -0.15) is 0 Å². The molecule has 0 spiro atoms. The van der Waals surface area contributed by atoms with Gasteiger partial charge in [-0.05, 0) is 37.1 Å². The second-order valence-corrected chi connectivity index (χ2v) is 8.40. The second-order valence-electron chi connectivity index (χ2n) is 8.02. The highest BCUT2D eigenvalue weighted by atomic mass is 35.5. The number of ether oxygens (including phenoxy) is 1. The third-order valence-electron chi connectivity index (χ3n) is 5.97. The van der Waals surface area contributed by atoms with Crippen molar-refractivity contribution in [3.8, 4) is 11.3 Å². The van der Waals surface area contributed by atoms with Crippen molar-refractivity contribution >= 4 is 23.1 Å². The van der Waals surface area contributed by atoms with E-state index in [4.69, 9.17) is 21.3 Å². The minimum atomic E-state index is -0.625. The Balaban J connectivity index is 1.47. The highest BCUT2D eigenvalue weighted by molar-refractivity contribution is 6.31. The highest BCUT2D eigenvalue weighted by Gasteiger charge is 2.24. The van der Waals surface area contributed by atoms with Crippen LogP contribution < -0.4 is 9.80 Å². The number of rotatable bonds is 4. The van der Waals surface area contributed by atoms with E-state index in [0.29, 0.717) is 12.4 Å². The van der Waals surface area contributed by atoms with Gasteiger partial charge in [0.25, 0.3) is 0 Å². The van der Waals surface area contributed by atoms with E-state index < -0.39 is 11.6 Å². The minimum Gasteiger partial charge on any atom is -0.378 e. The van der Waals surface area contributed by atoms with Gasteiger partial charge in [0.2, 0.25) is 0 Å². The molecular weight excluding hydrogens is 434 g/mol. The molecule has 1 aromatic heterocycles. The van der Waals surface area contributed by atoms with Crippen LogP contribution in [0.1, 0.15) is 17.7 Å². The van der Waals surface area contributed by atoms with Gasteiger partial charge in [0.05, 0.1) is 35.8 Å². The standard InChI is InChI=1S/C24H23ClF2N4O/c25-23-18(19(26)6-7-20(23)27)15-31-8-2-5-21-24(31)29-22(14-28-21)16-3-1-4-17(13-16)30-9-11-32-12-10-30/h1,3-4,6-7,13-14H,2,5,8-12,15H2. The van der Waals surface area contributed by atoms with E-state index >= 15 is 0 Å². The molecule has 3 aromatic rings. The summed E-state index contributed by atoms with van der Waals surface area (Å²) in [6, 6.07) is 10.4. The monoisotopic (exact) mass is 456 g/mol. The summed E-state index contributed by atoms with van der Waals surface area (Å²) < 4.78 is 33.8. The van der Waals surface area contributed by atoms with Crippen LogP contribution in [0.25, 0.3) is 11.3 Å². The fourth-order valence-corrected chi connectivity index (χ4v) is 4.47. The molecule has 1 saturated heterocycles. The molecule has 3 heterocycles. The van der Waals surface area contributed by atoms with Gasteiger partial charge in [0.15, 0.2) is 5.82 Å². The summed E-state index contributed by atoms with van der Waals surface area (Å²) in [5.41, 5.74) is 3.83. The van der Waals surface area contributed by atoms with Crippen LogP contribution in [0.2, 0.25) is 5.02 Å². The van der Waals surface area contributed by atoms with Crippen molar-refractivity contribution in [2.45, 2.75) is 19.4 Å². The van der Waals surface area contributed by atoms with Gasteiger partial charge in [0.1, 0.15) is 11.6 Å². The van der Waals surface area contributed by atoms with Crippen LogP contribution in [0.5, 0.6) is 0 Å². The molecule has 0 saturated carbocycles. The lowest BCUT2D eigenvalue weighted by atomic mass is 10.1. The van der Waals surface area contributed by atoms with Gasteiger partial charge in [-0.1, -0.05) is 23.7 Å². The predicted molar refractivity (Wildman–Crippen MR) is 121 cm³/mol. The first-order valence-electron chi connectivity index (χ1n) is 10.8. The van der Waals surface area contributed by atoms with Gasteiger partial charge in [-0.3, -0.25) is 4.98 Å². The maximum atomic E-state index is 14.4. The number of aromatic nitrogens is 2. The third kappa shape index (κ3) is 4.14. The SMILES string of the molecule is Fc1ccc(F)c(CN2CCCc3ncc(-c4cccc(N5CCOCC5)c4)nc32)c1Cl. The average Bonchev–Trinajstić information content (AvgIpc) is 2.84. The summed E-state index contributed by atoms with van der Waals surface area (Å²) in [6.07, 6.45) is 3.45. The van der Waals surface area contributed by atoms with E-state index in [-0.39, 0.29) is 17.1 Å². The number of hydrogen-bond acceptors (Lipinski definition) is 5. The smallest absolute Gasteiger partial charge is 0.151 e. The van der Waals surface area contributed by atoms with Crippen molar-refractivity contribution in [3.63, 3.8) is 0 Å². The first-order valence-corrected chi connectivity index (χ1v) is 11.1. The van der Waals surface area contributed by atoms with Gasteiger partial charge < -0.3 is 14.5 Å². The Kier molecular flexibility index (Phi) is 5.93. The molecule has 2 aliphatic rings. The molecule has 0 amide bonds. The van der Waals surface area contributed by atoms with Crippen LogP contribution in [0.3, 0.4) is 0 Å². The average molecular weight is 457 g/mol. The zero-order valence-corrected chi connectivity index (χ0v) is 18.3. The molecule has 8 heteroatoms. The lowest BCUT2D eigenvalue weighted by Crippen LogP contribution is -2.36. The quantitative estimate of drug-likeness (QED) is 0.524. The number of fused-ring (bicyclic) bond motifs is 1. The Morgan fingerprint density at radius 3 is 2.69 bits per heavy atom. The van der Waals surface area contributed by atoms with E-state index in [9.17, 15) is 8.78 Å². The Morgan fingerprint density at radius 2 is 1.84 bits per heavy atom. The number of aryl methyl sites for hydroxylation is 1. The zero-order chi connectivity index (χ0) is 22.1. The number of halogens is 3. The van der Waals surface area contributed by atoms with Crippen molar-refractivity contribution in [3.05, 3.63) is 70.5 Å². The predicted octanol–water partition coefficient (Wildman–Crippen LogP) is 4.86. The normalized spacial score (nSPS) is 16.2. The minimum absolute atomic E-state index is 0.140. The Bertz CT molecular complexity index is 1140. The fraction of sp³-hybridized carbons (Fsp3) is 0.333. The van der Waals surface area contributed by atoms with Crippen LogP contribution in [0, 0.1) is 11.6 Å². The largest absolute Gasteiger partial charge is 0.378 e. The molecule has 0 bridgehead atoms. The van der Waals surface area contributed by atoms with Crippen molar-refractivity contribution < 1.29 is 13.5 Å². The first-order chi connectivity index (χ1) is 15.6. The lowest BCUT2D eigenvalue weighted by Gasteiger charge is -2.30. The summed E-state index contributed by atoms with van der Waals surface area (Å²) in [4.78, 5) is 13.8. The fourth-order valence-electron chi connectivity index (χ4n) is 4.26. The summed E-state index contributed by atoms with van der Waals surface area (Å²) in [5.74, 6) is -0.448. The number of benzene rings is 2. The van der Waals surface area contributed by atoms with Crippen LogP contribution in [-0.2, 0) is 17.7 Å². The lowest BCUT2D eigenvalue weighted by molar-refractivity contribution is 0.122. The number of anilines is 2. The molecule has 0 N–H and O–H groups in total. The molecule has 32 heavy (non-hydrogen) atoms. The van der Waals surface area contributed by atoms with Gasteiger partial charge in [0, 0.05) is 43.0 Å².